The summed E-state index contributed by atoms with van der Waals surface area (Å²) < 4.78 is 13.2. The minimum atomic E-state index is -0.753. The van der Waals surface area contributed by atoms with Crippen LogP contribution >= 0.6 is 0 Å². The highest BCUT2D eigenvalue weighted by atomic mass is 19.1. The Kier molecular flexibility index (Phi) is 3.62. The summed E-state index contributed by atoms with van der Waals surface area (Å²) in [4.78, 5) is 11.5. The Morgan fingerprint density at radius 2 is 2.33 bits per heavy atom. The zero-order valence-corrected chi connectivity index (χ0v) is 8.33. The van der Waals surface area contributed by atoms with Crippen LogP contribution < -0.4 is 11.1 Å². The van der Waals surface area contributed by atoms with Gasteiger partial charge in [-0.3, -0.25) is 4.79 Å². The molecule has 1 atom stereocenters. The molecule has 4 N–H and O–H groups in total. The Hall–Kier alpha value is -1.62. The van der Waals surface area contributed by atoms with Crippen molar-refractivity contribution in [2.75, 3.05) is 6.54 Å². The molecule has 0 spiro atoms. The third-order valence-electron chi connectivity index (χ3n) is 1.93. The Labute approximate surface area is 86.9 Å². The zero-order chi connectivity index (χ0) is 11.4. The molecule has 0 aliphatic heterocycles. The van der Waals surface area contributed by atoms with Crippen molar-refractivity contribution >= 4 is 5.91 Å². The van der Waals surface area contributed by atoms with Crippen LogP contribution in [0.5, 0.6) is 5.75 Å². The van der Waals surface area contributed by atoms with Crippen LogP contribution in [0.25, 0.3) is 0 Å². The second kappa shape index (κ2) is 4.75. The summed E-state index contributed by atoms with van der Waals surface area (Å²) in [5, 5.41) is 11.5. The molecular weight excluding hydrogens is 199 g/mol. The van der Waals surface area contributed by atoms with E-state index < -0.39 is 11.7 Å². The van der Waals surface area contributed by atoms with Crippen molar-refractivity contribution in [2.45, 2.75) is 13.0 Å². The third kappa shape index (κ3) is 2.92. The van der Waals surface area contributed by atoms with E-state index in [1.807, 2.05) is 0 Å². The Morgan fingerprint density at radius 1 is 1.67 bits per heavy atom. The van der Waals surface area contributed by atoms with Gasteiger partial charge in [0.2, 0.25) is 0 Å². The molecule has 0 heterocycles. The van der Waals surface area contributed by atoms with Crippen molar-refractivity contribution < 1.29 is 14.3 Å². The van der Waals surface area contributed by atoms with Crippen LogP contribution in [0.15, 0.2) is 18.2 Å². The predicted octanol–water partition coefficient (Wildman–Crippen LogP) is 0.608. The second-order valence-corrected chi connectivity index (χ2v) is 3.27. The number of aromatic hydroxyl groups is 1. The molecule has 15 heavy (non-hydrogen) atoms. The molecule has 1 aromatic rings. The van der Waals surface area contributed by atoms with Gasteiger partial charge in [0, 0.05) is 18.7 Å². The number of hydrogen-bond acceptors (Lipinski definition) is 3. The van der Waals surface area contributed by atoms with E-state index in [0.29, 0.717) is 0 Å². The first-order valence-corrected chi connectivity index (χ1v) is 4.54. The van der Waals surface area contributed by atoms with Crippen LogP contribution in [0.4, 0.5) is 4.39 Å². The average Bonchev–Trinajstić information content (AvgIpc) is 2.17. The molecule has 0 aliphatic carbocycles. The van der Waals surface area contributed by atoms with Gasteiger partial charge in [0.1, 0.15) is 11.6 Å². The Balaban J connectivity index is 2.82. The van der Waals surface area contributed by atoms with Gasteiger partial charge in [0.25, 0.3) is 5.91 Å². The van der Waals surface area contributed by atoms with Gasteiger partial charge in [-0.25, -0.2) is 4.39 Å². The minimum Gasteiger partial charge on any atom is -0.508 e. The summed E-state index contributed by atoms with van der Waals surface area (Å²) in [6.45, 7) is 2.00. The first-order chi connectivity index (χ1) is 7.04. The van der Waals surface area contributed by atoms with Gasteiger partial charge in [0.05, 0.1) is 5.56 Å². The van der Waals surface area contributed by atoms with Crippen molar-refractivity contribution in [3.8, 4) is 5.75 Å². The summed E-state index contributed by atoms with van der Waals surface area (Å²) >= 11 is 0. The molecule has 4 nitrogen and oxygen atoms in total. The summed E-state index contributed by atoms with van der Waals surface area (Å²) in [7, 11) is 0. The van der Waals surface area contributed by atoms with Gasteiger partial charge in [-0.2, -0.15) is 0 Å². The van der Waals surface area contributed by atoms with E-state index in [-0.39, 0.29) is 23.9 Å². The molecule has 0 fully saturated rings. The molecule has 5 heteroatoms. The molecule has 0 saturated heterocycles. The largest absolute Gasteiger partial charge is 0.508 e. The second-order valence-electron chi connectivity index (χ2n) is 3.27. The fraction of sp³-hybridized carbons (Fsp3) is 0.300. The van der Waals surface area contributed by atoms with E-state index in [1.54, 1.807) is 6.92 Å². The predicted molar refractivity (Wildman–Crippen MR) is 54.0 cm³/mol. The molecule has 1 unspecified atom stereocenters. The highest BCUT2D eigenvalue weighted by Gasteiger charge is 2.13. The van der Waals surface area contributed by atoms with E-state index in [0.717, 1.165) is 6.07 Å². The van der Waals surface area contributed by atoms with E-state index in [4.69, 9.17) is 10.8 Å². The number of amides is 1. The molecule has 0 saturated carbocycles. The topological polar surface area (TPSA) is 75.3 Å². The lowest BCUT2D eigenvalue weighted by Crippen LogP contribution is -2.38. The fourth-order valence-corrected chi connectivity index (χ4v) is 1.05. The number of halogens is 1. The van der Waals surface area contributed by atoms with Crippen molar-refractivity contribution in [2.24, 2.45) is 5.73 Å². The summed E-state index contributed by atoms with van der Waals surface area (Å²) in [5.41, 5.74) is 5.21. The van der Waals surface area contributed by atoms with E-state index in [1.165, 1.54) is 12.1 Å². The van der Waals surface area contributed by atoms with Crippen LogP contribution in [-0.2, 0) is 0 Å². The lowest BCUT2D eigenvalue weighted by Gasteiger charge is -2.11. The number of phenolic OH excluding ortho intramolecular Hbond substituents is 1. The third-order valence-corrected chi connectivity index (χ3v) is 1.93. The number of phenols is 1. The van der Waals surface area contributed by atoms with E-state index in [9.17, 15) is 9.18 Å². The van der Waals surface area contributed by atoms with Crippen LogP contribution in [0.2, 0.25) is 0 Å². The van der Waals surface area contributed by atoms with Gasteiger partial charge in [-0.05, 0) is 19.1 Å². The minimum absolute atomic E-state index is 0.104. The monoisotopic (exact) mass is 212 g/mol. The first-order valence-electron chi connectivity index (χ1n) is 4.54. The SMILES string of the molecule is CC(CN)NC(=O)c1ccc(O)cc1F. The maximum atomic E-state index is 13.2. The lowest BCUT2D eigenvalue weighted by molar-refractivity contribution is 0.0937. The van der Waals surface area contributed by atoms with Crippen LogP contribution in [-0.4, -0.2) is 23.6 Å². The van der Waals surface area contributed by atoms with Crippen molar-refractivity contribution in [1.82, 2.24) is 5.32 Å². The molecule has 82 valence electrons. The van der Waals surface area contributed by atoms with Gasteiger partial charge in [0.15, 0.2) is 0 Å². The van der Waals surface area contributed by atoms with Crippen LogP contribution in [0, 0.1) is 5.82 Å². The molecule has 1 aromatic carbocycles. The quantitative estimate of drug-likeness (QED) is 0.687. The molecule has 0 aromatic heterocycles. The van der Waals surface area contributed by atoms with Crippen LogP contribution in [0.3, 0.4) is 0 Å². The van der Waals surface area contributed by atoms with Gasteiger partial charge < -0.3 is 16.2 Å². The number of nitrogens with two attached hydrogens (primary N) is 1. The number of nitrogens with one attached hydrogen (secondary N) is 1. The summed E-state index contributed by atoms with van der Waals surface area (Å²) in [6.07, 6.45) is 0. The lowest BCUT2D eigenvalue weighted by atomic mass is 10.2. The van der Waals surface area contributed by atoms with E-state index >= 15 is 0 Å². The molecule has 0 radical (unpaired) electrons. The summed E-state index contributed by atoms with van der Waals surface area (Å²) in [5.74, 6) is -1.50. The zero-order valence-electron chi connectivity index (χ0n) is 8.33. The number of rotatable bonds is 3. The fourth-order valence-electron chi connectivity index (χ4n) is 1.05. The molecule has 0 aliphatic rings. The highest BCUT2D eigenvalue weighted by molar-refractivity contribution is 5.94. The number of carbonyl (C=O) groups is 1. The van der Waals surface area contributed by atoms with Crippen molar-refractivity contribution in [1.29, 1.82) is 0 Å². The molecule has 1 amide bonds. The Bertz CT molecular complexity index is 368. The number of carbonyl (C=O) groups excluding carboxylic acids is 1. The smallest absolute Gasteiger partial charge is 0.254 e. The molecular formula is C10H13FN2O2. The van der Waals surface area contributed by atoms with Crippen molar-refractivity contribution in [3.05, 3.63) is 29.6 Å². The summed E-state index contributed by atoms with van der Waals surface area (Å²) in [6, 6.07) is 3.15. The van der Waals surface area contributed by atoms with Gasteiger partial charge >= 0.3 is 0 Å². The average molecular weight is 212 g/mol. The van der Waals surface area contributed by atoms with Gasteiger partial charge in [-0.15, -0.1) is 0 Å². The normalized spacial score (nSPS) is 12.2. The van der Waals surface area contributed by atoms with E-state index in [2.05, 4.69) is 5.32 Å². The number of benzene rings is 1. The first kappa shape index (κ1) is 11.5. The molecule has 1 rings (SSSR count). The maximum absolute atomic E-state index is 13.2. The van der Waals surface area contributed by atoms with Gasteiger partial charge in [-0.1, -0.05) is 0 Å². The number of hydrogen-bond donors (Lipinski definition) is 3. The highest BCUT2D eigenvalue weighted by Crippen LogP contribution is 2.14. The standard InChI is InChI=1S/C10H13FN2O2/c1-6(5-12)13-10(15)8-3-2-7(14)4-9(8)11/h2-4,6,14H,5,12H2,1H3,(H,13,15). The van der Waals surface area contributed by atoms with Crippen LogP contribution in [0.1, 0.15) is 17.3 Å². The maximum Gasteiger partial charge on any atom is 0.254 e. The molecule has 0 bridgehead atoms. The van der Waals surface area contributed by atoms with Crippen molar-refractivity contribution in [3.63, 3.8) is 0 Å². The Morgan fingerprint density at radius 3 is 2.87 bits per heavy atom.